The molecule has 5 nitrogen and oxygen atoms in total. The van der Waals surface area contributed by atoms with Crippen LogP contribution in [0.5, 0.6) is 0 Å². The average molecular weight is 351 g/mol. The zero-order valence-electron chi connectivity index (χ0n) is 15.3. The van der Waals surface area contributed by atoms with Gasteiger partial charge in [0.15, 0.2) is 0 Å². The van der Waals surface area contributed by atoms with Gasteiger partial charge in [0, 0.05) is 23.4 Å². The standard InChI is InChI=1S/C21H25N3O2/c1-3-4-14-20(25)24-23-16(2)15-21(26)22-19-13-9-8-12-18(19)17-10-6-5-7-11-17/h5-13H,3-4,14-15H2,1-2H3,(H,22,26)(H,24,25)/b23-16+. The van der Waals surface area contributed by atoms with Crippen LogP contribution in [-0.2, 0) is 9.59 Å². The summed E-state index contributed by atoms with van der Waals surface area (Å²) in [5, 5.41) is 6.92. The molecule has 0 aliphatic carbocycles. The Labute approximate surface area is 154 Å². The van der Waals surface area contributed by atoms with Crippen molar-refractivity contribution in [2.24, 2.45) is 5.10 Å². The van der Waals surface area contributed by atoms with Gasteiger partial charge < -0.3 is 5.32 Å². The molecule has 5 heteroatoms. The Morgan fingerprint density at radius 2 is 1.65 bits per heavy atom. The molecule has 0 atom stereocenters. The van der Waals surface area contributed by atoms with Gasteiger partial charge in [-0.25, -0.2) is 5.43 Å². The Hall–Kier alpha value is -2.95. The molecule has 0 aromatic heterocycles. The van der Waals surface area contributed by atoms with Crippen LogP contribution in [0.2, 0.25) is 0 Å². The van der Waals surface area contributed by atoms with Crippen LogP contribution >= 0.6 is 0 Å². The minimum Gasteiger partial charge on any atom is -0.325 e. The summed E-state index contributed by atoms with van der Waals surface area (Å²) in [6, 6.07) is 17.6. The molecule has 2 amide bonds. The maximum Gasteiger partial charge on any atom is 0.240 e. The van der Waals surface area contributed by atoms with E-state index in [4.69, 9.17) is 0 Å². The van der Waals surface area contributed by atoms with Gasteiger partial charge in [-0.3, -0.25) is 9.59 Å². The fraction of sp³-hybridized carbons (Fsp3) is 0.286. The van der Waals surface area contributed by atoms with Gasteiger partial charge in [0.05, 0.1) is 6.42 Å². The number of nitrogens with zero attached hydrogens (tertiary/aromatic N) is 1. The number of hydrazone groups is 1. The predicted molar refractivity (Wildman–Crippen MR) is 106 cm³/mol. The van der Waals surface area contributed by atoms with Crippen LogP contribution in [0.25, 0.3) is 11.1 Å². The minimum absolute atomic E-state index is 0.122. The maximum atomic E-state index is 12.3. The number of benzene rings is 2. The molecule has 0 unspecified atom stereocenters. The second-order valence-electron chi connectivity index (χ2n) is 6.12. The number of unbranched alkanes of at least 4 members (excludes halogenated alkanes) is 1. The number of rotatable bonds is 8. The second-order valence-corrected chi connectivity index (χ2v) is 6.12. The third-order valence-corrected chi connectivity index (χ3v) is 3.83. The van der Waals surface area contributed by atoms with Gasteiger partial charge in [0.1, 0.15) is 0 Å². The predicted octanol–water partition coefficient (Wildman–Crippen LogP) is 4.36. The quantitative estimate of drug-likeness (QED) is 0.548. The molecule has 0 bridgehead atoms. The SMILES string of the molecule is CCCCC(=O)N/N=C(\C)CC(=O)Nc1ccccc1-c1ccccc1. The van der Waals surface area contributed by atoms with E-state index in [1.165, 1.54) is 0 Å². The average Bonchev–Trinajstić information content (AvgIpc) is 2.65. The van der Waals surface area contributed by atoms with Gasteiger partial charge in [-0.05, 0) is 25.0 Å². The fourth-order valence-corrected chi connectivity index (χ4v) is 2.48. The summed E-state index contributed by atoms with van der Waals surface area (Å²) in [4.78, 5) is 23.9. The fourth-order valence-electron chi connectivity index (χ4n) is 2.48. The Morgan fingerprint density at radius 3 is 2.38 bits per heavy atom. The number of amides is 2. The highest BCUT2D eigenvalue weighted by atomic mass is 16.2. The highest BCUT2D eigenvalue weighted by Crippen LogP contribution is 2.27. The number of hydrogen-bond donors (Lipinski definition) is 2. The van der Waals surface area contributed by atoms with Crippen molar-refractivity contribution in [1.29, 1.82) is 0 Å². The molecule has 0 spiro atoms. The van der Waals surface area contributed by atoms with Crippen molar-refractivity contribution in [3.8, 4) is 11.1 Å². The summed E-state index contributed by atoms with van der Waals surface area (Å²) in [7, 11) is 0. The molecule has 136 valence electrons. The highest BCUT2D eigenvalue weighted by Gasteiger charge is 2.09. The van der Waals surface area contributed by atoms with E-state index in [0.29, 0.717) is 12.1 Å². The molecule has 0 heterocycles. The van der Waals surface area contributed by atoms with Crippen LogP contribution < -0.4 is 10.7 Å². The molecule has 2 aromatic carbocycles. The molecule has 0 fully saturated rings. The summed E-state index contributed by atoms with van der Waals surface area (Å²) in [6.07, 6.45) is 2.36. The summed E-state index contributed by atoms with van der Waals surface area (Å²) in [6.45, 7) is 3.75. The van der Waals surface area contributed by atoms with E-state index in [1.807, 2.05) is 61.5 Å². The lowest BCUT2D eigenvalue weighted by atomic mass is 10.0. The first kappa shape index (κ1) is 19.4. The van der Waals surface area contributed by atoms with Crippen molar-refractivity contribution in [3.63, 3.8) is 0 Å². The second kappa shape index (κ2) is 10.1. The van der Waals surface area contributed by atoms with Crippen molar-refractivity contribution in [1.82, 2.24) is 5.43 Å². The lowest BCUT2D eigenvalue weighted by molar-refractivity contribution is -0.121. The zero-order valence-corrected chi connectivity index (χ0v) is 15.3. The number of nitrogens with one attached hydrogen (secondary N) is 2. The molecule has 26 heavy (non-hydrogen) atoms. The van der Waals surface area contributed by atoms with E-state index in [-0.39, 0.29) is 18.2 Å². The lowest BCUT2D eigenvalue weighted by Gasteiger charge is -2.11. The van der Waals surface area contributed by atoms with Crippen molar-refractivity contribution in [2.75, 3.05) is 5.32 Å². The summed E-state index contributed by atoms with van der Waals surface area (Å²) < 4.78 is 0. The van der Waals surface area contributed by atoms with Gasteiger partial charge in [-0.1, -0.05) is 61.9 Å². The number of anilines is 1. The molecule has 2 aromatic rings. The highest BCUT2D eigenvalue weighted by molar-refractivity contribution is 6.07. The van der Waals surface area contributed by atoms with Gasteiger partial charge in [-0.15, -0.1) is 0 Å². The summed E-state index contributed by atoms with van der Waals surface area (Å²) in [5.41, 5.74) is 5.81. The van der Waals surface area contributed by atoms with E-state index < -0.39 is 0 Å². The van der Waals surface area contributed by atoms with Gasteiger partial charge in [0.2, 0.25) is 11.8 Å². The largest absolute Gasteiger partial charge is 0.325 e. The summed E-state index contributed by atoms with van der Waals surface area (Å²) >= 11 is 0. The topological polar surface area (TPSA) is 70.6 Å². The first-order valence-electron chi connectivity index (χ1n) is 8.86. The molecule has 0 saturated carbocycles. The van der Waals surface area contributed by atoms with Crippen LogP contribution in [0.3, 0.4) is 0 Å². The van der Waals surface area contributed by atoms with Crippen molar-refractivity contribution >= 4 is 23.2 Å². The van der Waals surface area contributed by atoms with E-state index in [0.717, 1.165) is 29.7 Å². The van der Waals surface area contributed by atoms with Crippen molar-refractivity contribution in [3.05, 3.63) is 54.6 Å². The number of hydrogen-bond acceptors (Lipinski definition) is 3. The lowest BCUT2D eigenvalue weighted by Crippen LogP contribution is -2.21. The Bertz CT molecular complexity index is 770. The molecule has 0 saturated heterocycles. The number of carbonyl (C=O) groups excluding carboxylic acids is 2. The van der Waals surface area contributed by atoms with Crippen LogP contribution in [0, 0.1) is 0 Å². The molecule has 0 aliphatic heterocycles. The van der Waals surface area contributed by atoms with Crippen LogP contribution in [0.1, 0.15) is 39.5 Å². The molecular formula is C21H25N3O2. The third-order valence-electron chi connectivity index (χ3n) is 3.83. The van der Waals surface area contributed by atoms with E-state index in [1.54, 1.807) is 6.92 Å². The minimum atomic E-state index is -0.169. The first-order chi connectivity index (χ1) is 12.6. The molecule has 0 aliphatic rings. The van der Waals surface area contributed by atoms with Crippen molar-refractivity contribution < 1.29 is 9.59 Å². The van der Waals surface area contributed by atoms with Gasteiger partial charge in [0.25, 0.3) is 0 Å². The zero-order chi connectivity index (χ0) is 18.8. The van der Waals surface area contributed by atoms with E-state index in [9.17, 15) is 9.59 Å². The van der Waals surface area contributed by atoms with Crippen LogP contribution in [0.15, 0.2) is 59.7 Å². The normalized spacial score (nSPS) is 11.1. The van der Waals surface area contributed by atoms with Crippen LogP contribution in [-0.4, -0.2) is 17.5 Å². The number of para-hydroxylation sites is 1. The molecule has 2 N–H and O–H groups in total. The van der Waals surface area contributed by atoms with Gasteiger partial charge >= 0.3 is 0 Å². The Morgan fingerprint density at radius 1 is 0.962 bits per heavy atom. The molecule has 2 rings (SSSR count). The van der Waals surface area contributed by atoms with Gasteiger partial charge in [-0.2, -0.15) is 5.10 Å². The monoisotopic (exact) mass is 351 g/mol. The van der Waals surface area contributed by atoms with Crippen molar-refractivity contribution in [2.45, 2.75) is 39.5 Å². The number of carbonyl (C=O) groups is 2. The van der Waals surface area contributed by atoms with E-state index in [2.05, 4.69) is 15.8 Å². The Balaban J connectivity index is 1.97. The molecule has 0 radical (unpaired) electrons. The third kappa shape index (κ3) is 6.16. The Kier molecular flexibility index (Phi) is 7.55. The first-order valence-corrected chi connectivity index (χ1v) is 8.86. The van der Waals surface area contributed by atoms with Crippen LogP contribution in [0.4, 0.5) is 5.69 Å². The maximum absolute atomic E-state index is 12.3. The molecular weight excluding hydrogens is 326 g/mol. The smallest absolute Gasteiger partial charge is 0.240 e. The summed E-state index contributed by atoms with van der Waals surface area (Å²) in [5.74, 6) is -0.293. The van der Waals surface area contributed by atoms with E-state index >= 15 is 0 Å².